The molecule has 0 amide bonds. The van der Waals surface area contributed by atoms with Gasteiger partial charge in [-0.15, -0.1) is 20.4 Å². The van der Waals surface area contributed by atoms with Gasteiger partial charge in [0.05, 0.1) is 11.4 Å². The highest BCUT2D eigenvalue weighted by atomic mass is 32.2. The van der Waals surface area contributed by atoms with Crippen LogP contribution in [0.1, 0.15) is 17.3 Å². The molecule has 9 nitrogen and oxygen atoms in total. The fourth-order valence-electron chi connectivity index (χ4n) is 2.48. The highest BCUT2D eigenvalue weighted by molar-refractivity contribution is 7.98. The Morgan fingerprint density at radius 1 is 1.08 bits per heavy atom. The normalized spacial score (nSPS) is 11.2. The molecule has 0 saturated carbocycles. The summed E-state index contributed by atoms with van der Waals surface area (Å²) >= 11 is 1.36. The average Bonchev–Trinajstić information content (AvgIpc) is 3.33. The summed E-state index contributed by atoms with van der Waals surface area (Å²) in [6.07, 6.45) is 0. The summed E-state index contributed by atoms with van der Waals surface area (Å²) in [6.45, 7) is 3.85. The van der Waals surface area contributed by atoms with Crippen molar-refractivity contribution in [3.05, 3.63) is 53.7 Å². The van der Waals surface area contributed by atoms with E-state index in [2.05, 4.69) is 25.5 Å². The molecule has 3 aromatic heterocycles. The molecule has 0 fully saturated rings. The molecule has 0 spiro atoms. The summed E-state index contributed by atoms with van der Waals surface area (Å²) in [5, 5.41) is 21.3. The van der Waals surface area contributed by atoms with Gasteiger partial charge in [0, 0.05) is 11.3 Å². The van der Waals surface area contributed by atoms with Crippen molar-refractivity contribution in [2.45, 2.75) is 24.8 Å². The number of aromatic nitrogens is 7. The van der Waals surface area contributed by atoms with Crippen molar-refractivity contribution < 1.29 is 4.42 Å². The molecule has 0 atom stereocenters. The Hall–Kier alpha value is -3.14. The van der Waals surface area contributed by atoms with E-state index >= 15 is 0 Å². The molecular weight excluding hydrogens is 352 g/mol. The van der Waals surface area contributed by atoms with Gasteiger partial charge in [-0.1, -0.05) is 30.0 Å². The van der Waals surface area contributed by atoms with E-state index in [-0.39, 0.29) is 0 Å². The molecule has 132 valence electrons. The van der Waals surface area contributed by atoms with Crippen LogP contribution in [0.4, 0.5) is 0 Å². The summed E-state index contributed by atoms with van der Waals surface area (Å²) in [7, 11) is 0. The van der Waals surface area contributed by atoms with Crippen LogP contribution in [-0.2, 0) is 5.75 Å². The van der Waals surface area contributed by atoms with E-state index in [1.807, 2.05) is 50.2 Å². The number of hydrogen-bond donors (Lipinski definition) is 1. The monoisotopic (exact) mass is 368 g/mol. The minimum absolute atomic E-state index is 0.437. The van der Waals surface area contributed by atoms with E-state index in [4.69, 9.17) is 10.3 Å². The van der Waals surface area contributed by atoms with Crippen LogP contribution in [0.5, 0.6) is 0 Å². The van der Waals surface area contributed by atoms with E-state index in [1.54, 1.807) is 4.68 Å². The molecule has 1 aromatic carbocycles. The van der Waals surface area contributed by atoms with Crippen LogP contribution in [-0.4, -0.2) is 34.9 Å². The van der Waals surface area contributed by atoms with Crippen molar-refractivity contribution in [3.8, 4) is 17.4 Å². The fraction of sp³-hybridized carbons (Fsp3) is 0.188. The number of thioether (sulfide) groups is 1. The molecule has 0 unspecified atom stereocenters. The van der Waals surface area contributed by atoms with Crippen molar-refractivity contribution in [3.63, 3.8) is 0 Å². The van der Waals surface area contributed by atoms with Gasteiger partial charge >= 0.3 is 0 Å². The van der Waals surface area contributed by atoms with Crippen molar-refractivity contribution >= 4 is 11.8 Å². The maximum absolute atomic E-state index is 6.12. The SMILES string of the molecule is Cc1cc(C)n(-c2nnc(SCc3nnc(-c4ccccc4)o3)n2N)n1. The number of rotatable bonds is 5. The van der Waals surface area contributed by atoms with E-state index in [1.165, 1.54) is 16.4 Å². The third kappa shape index (κ3) is 3.06. The molecule has 0 saturated heterocycles. The first-order chi connectivity index (χ1) is 12.6. The lowest BCUT2D eigenvalue weighted by atomic mass is 10.2. The summed E-state index contributed by atoms with van der Waals surface area (Å²) < 4.78 is 8.75. The predicted octanol–water partition coefficient (Wildman–Crippen LogP) is 2.14. The fourth-order valence-corrected chi connectivity index (χ4v) is 3.17. The maximum Gasteiger partial charge on any atom is 0.271 e. The second kappa shape index (κ2) is 6.64. The van der Waals surface area contributed by atoms with Gasteiger partial charge in [-0.25, -0.2) is 9.36 Å². The number of aryl methyl sites for hydroxylation is 2. The van der Waals surface area contributed by atoms with Crippen molar-refractivity contribution in [1.29, 1.82) is 0 Å². The van der Waals surface area contributed by atoms with E-state index < -0.39 is 0 Å². The van der Waals surface area contributed by atoms with Gasteiger partial charge in [-0.3, -0.25) is 0 Å². The predicted molar refractivity (Wildman–Crippen MR) is 96.1 cm³/mol. The van der Waals surface area contributed by atoms with Gasteiger partial charge in [-0.2, -0.15) is 5.10 Å². The van der Waals surface area contributed by atoms with E-state index in [9.17, 15) is 0 Å². The smallest absolute Gasteiger partial charge is 0.271 e. The van der Waals surface area contributed by atoms with Crippen LogP contribution < -0.4 is 5.84 Å². The molecular formula is C16H16N8OS. The summed E-state index contributed by atoms with van der Waals surface area (Å²) in [5.41, 5.74) is 2.70. The second-order valence-corrected chi connectivity index (χ2v) is 6.59. The lowest BCUT2D eigenvalue weighted by Crippen LogP contribution is -2.17. The third-order valence-electron chi connectivity index (χ3n) is 3.66. The number of benzene rings is 1. The van der Waals surface area contributed by atoms with E-state index in [0.29, 0.717) is 28.6 Å². The Morgan fingerprint density at radius 2 is 1.88 bits per heavy atom. The molecule has 4 rings (SSSR count). The molecule has 26 heavy (non-hydrogen) atoms. The molecule has 2 N–H and O–H groups in total. The summed E-state index contributed by atoms with van der Waals surface area (Å²) in [4.78, 5) is 0. The van der Waals surface area contributed by atoms with Gasteiger partial charge in [0.15, 0.2) is 0 Å². The van der Waals surface area contributed by atoms with Gasteiger partial charge in [0.1, 0.15) is 0 Å². The first-order valence-corrected chi connectivity index (χ1v) is 8.85. The van der Waals surface area contributed by atoms with Gasteiger partial charge in [0.2, 0.25) is 16.9 Å². The van der Waals surface area contributed by atoms with Gasteiger partial charge in [-0.05, 0) is 32.0 Å². The Kier molecular flexibility index (Phi) is 4.17. The first kappa shape index (κ1) is 16.3. The first-order valence-electron chi connectivity index (χ1n) is 7.86. The van der Waals surface area contributed by atoms with Crippen LogP contribution in [0.15, 0.2) is 46.0 Å². The van der Waals surface area contributed by atoms with E-state index in [0.717, 1.165) is 17.0 Å². The Bertz CT molecular complexity index is 1040. The van der Waals surface area contributed by atoms with Crippen molar-refractivity contribution in [2.75, 3.05) is 5.84 Å². The zero-order valence-corrected chi connectivity index (χ0v) is 15.0. The minimum atomic E-state index is 0.437. The number of nitrogens with zero attached hydrogens (tertiary/aromatic N) is 7. The van der Waals surface area contributed by atoms with Crippen LogP contribution in [0.25, 0.3) is 17.4 Å². The topological polar surface area (TPSA) is 113 Å². The molecule has 4 aromatic rings. The van der Waals surface area contributed by atoms with Gasteiger partial charge < -0.3 is 10.3 Å². The molecule has 3 heterocycles. The second-order valence-electron chi connectivity index (χ2n) is 5.65. The van der Waals surface area contributed by atoms with Crippen LogP contribution in [0, 0.1) is 13.8 Å². The number of hydrogen-bond acceptors (Lipinski definition) is 8. The van der Waals surface area contributed by atoms with Crippen LogP contribution in [0.2, 0.25) is 0 Å². The lowest BCUT2D eigenvalue weighted by Gasteiger charge is -2.03. The Morgan fingerprint density at radius 3 is 2.62 bits per heavy atom. The molecule has 0 bridgehead atoms. The summed E-state index contributed by atoms with van der Waals surface area (Å²) in [6, 6.07) is 11.6. The molecule has 0 aliphatic rings. The molecule has 0 radical (unpaired) electrons. The highest BCUT2D eigenvalue weighted by Gasteiger charge is 2.16. The highest BCUT2D eigenvalue weighted by Crippen LogP contribution is 2.23. The minimum Gasteiger partial charge on any atom is -0.420 e. The largest absolute Gasteiger partial charge is 0.420 e. The van der Waals surface area contributed by atoms with Crippen LogP contribution in [0.3, 0.4) is 0 Å². The standard InChI is InChI=1S/C16H16N8OS/c1-10-8-11(2)24(22-10)15-20-21-16(23(15)17)26-9-13-18-19-14(25-13)12-6-4-3-5-7-12/h3-8H,9,17H2,1-2H3. The van der Waals surface area contributed by atoms with Crippen LogP contribution >= 0.6 is 11.8 Å². The maximum atomic E-state index is 6.12. The third-order valence-corrected chi connectivity index (χ3v) is 4.59. The Labute approximate surface area is 153 Å². The number of nitrogens with two attached hydrogens (primary N) is 1. The average molecular weight is 368 g/mol. The van der Waals surface area contributed by atoms with Crippen molar-refractivity contribution in [1.82, 2.24) is 34.9 Å². The molecule has 10 heteroatoms. The van der Waals surface area contributed by atoms with Gasteiger partial charge in [0.25, 0.3) is 5.95 Å². The zero-order chi connectivity index (χ0) is 18.1. The quantitative estimate of drug-likeness (QED) is 0.421. The zero-order valence-electron chi connectivity index (χ0n) is 14.2. The molecule has 0 aliphatic carbocycles. The Balaban J connectivity index is 1.49. The molecule has 0 aliphatic heterocycles. The summed E-state index contributed by atoms with van der Waals surface area (Å²) in [5.74, 6) is 7.98. The van der Waals surface area contributed by atoms with Crippen molar-refractivity contribution in [2.24, 2.45) is 0 Å². The number of nitrogen functional groups attached to an aromatic ring is 1. The lowest BCUT2D eigenvalue weighted by molar-refractivity contribution is 0.528.